The number of hydrogen-bond donors (Lipinski definition) is 0. The van der Waals surface area contributed by atoms with E-state index in [1.54, 1.807) is 0 Å². The molecule has 0 aromatic heterocycles. The van der Waals surface area contributed by atoms with Gasteiger partial charge in [0.1, 0.15) is 24.0 Å². The van der Waals surface area contributed by atoms with Crippen LogP contribution in [0.1, 0.15) is 22.6 Å². The molecular formula is C24H24ClNO3. The monoisotopic (exact) mass is 409 g/mol. The van der Waals surface area contributed by atoms with Crippen molar-refractivity contribution in [2.24, 2.45) is 0 Å². The Labute approximate surface area is 177 Å². The zero-order chi connectivity index (χ0) is 19.3. The molecular weight excluding hydrogens is 386 g/mol. The molecule has 0 spiro atoms. The molecule has 1 aliphatic heterocycles. The average molecular weight is 410 g/mol. The number of carbonyl (C=O) groups excluding carboxylic acids is 1. The van der Waals surface area contributed by atoms with E-state index >= 15 is 0 Å². The Morgan fingerprint density at radius 2 is 1.45 bits per heavy atom. The highest BCUT2D eigenvalue weighted by Gasteiger charge is 2.33. The normalized spacial score (nSPS) is 12.3. The minimum Gasteiger partial charge on any atom is -0.464 e. The molecule has 1 aliphatic rings. The van der Waals surface area contributed by atoms with E-state index < -0.39 is 5.92 Å². The Morgan fingerprint density at radius 3 is 2.07 bits per heavy atom. The van der Waals surface area contributed by atoms with Gasteiger partial charge in [-0.1, -0.05) is 66.7 Å². The molecule has 150 valence electrons. The molecule has 0 radical (unpaired) electrons. The van der Waals surface area contributed by atoms with Crippen molar-refractivity contribution in [2.45, 2.75) is 12.5 Å². The third kappa shape index (κ3) is 4.78. The molecule has 5 heteroatoms. The van der Waals surface area contributed by atoms with E-state index in [4.69, 9.17) is 9.47 Å². The molecule has 0 fully saturated rings. The van der Waals surface area contributed by atoms with Gasteiger partial charge in [0.2, 0.25) is 0 Å². The molecule has 0 N–H and O–H groups in total. The summed E-state index contributed by atoms with van der Waals surface area (Å²) >= 11 is 0. The number of halogens is 1. The van der Waals surface area contributed by atoms with Gasteiger partial charge in [-0.2, -0.15) is 0 Å². The van der Waals surface area contributed by atoms with Crippen LogP contribution in [0.4, 0.5) is 0 Å². The summed E-state index contributed by atoms with van der Waals surface area (Å²) in [5.41, 5.74) is 2.94. The number of benzene rings is 3. The maximum atomic E-state index is 13.0. The number of rotatable bonds is 6. The Morgan fingerprint density at radius 1 is 0.897 bits per heavy atom. The van der Waals surface area contributed by atoms with Crippen LogP contribution in [0.25, 0.3) is 0 Å². The maximum absolute atomic E-state index is 13.0. The smallest absolute Gasteiger partial charge is 0.318 e. The summed E-state index contributed by atoms with van der Waals surface area (Å²) in [6.45, 7) is 1.85. The molecule has 0 amide bonds. The van der Waals surface area contributed by atoms with E-state index in [2.05, 4.69) is 17.0 Å². The quantitative estimate of drug-likeness (QED) is 0.536. The highest BCUT2D eigenvalue weighted by atomic mass is 35.5. The summed E-state index contributed by atoms with van der Waals surface area (Å²) in [7, 11) is 2.03. The molecule has 29 heavy (non-hydrogen) atoms. The molecule has 0 atom stereocenters. The molecule has 4 rings (SSSR count). The van der Waals surface area contributed by atoms with Gasteiger partial charge in [-0.3, -0.25) is 9.69 Å². The number of fused-ring (bicyclic) bond motifs is 2. The fraction of sp³-hybridized carbons (Fsp3) is 0.208. The first kappa shape index (κ1) is 20.9. The molecule has 3 aromatic rings. The molecule has 0 saturated heterocycles. The Bertz CT molecular complexity index is 916. The average Bonchev–Trinajstić information content (AvgIpc) is 2.72. The van der Waals surface area contributed by atoms with E-state index in [0.717, 1.165) is 17.7 Å². The van der Waals surface area contributed by atoms with Crippen LogP contribution in [0.2, 0.25) is 0 Å². The van der Waals surface area contributed by atoms with Crippen molar-refractivity contribution in [1.82, 2.24) is 4.90 Å². The van der Waals surface area contributed by atoms with Crippen LogP contribution >= 0.6 is 12.4 Å². The highest BCUT2D eigenvalue weighted by Crippen LogP contribution is 2.44. The summed E-state index contributed by atoms with van der Waals surface area (Å²) in [6.07, 6.45) is 0. The fourth-order valence-electron chi connectivity index (χ4n) is 3.52. The minimum atomic E-state index is -0.458. The number of hydrogen-bond acceptors (Lipinski definition) is 4. The zero-order valence-electron chi connectivity index (χ0n) is 16.3. The topological polar surface area (TPSA) is 38.8 Å². The van der Waals surface area contributed by atoms with Gasteiger partial charge in [0.25, 0.3) is 0 Å². The molecule has 0 saturated carbocycles. The van der Waals surface area contributed by atoms with Gasteiger partial charge < -0.3 is 9.47 Å². The lowest BCUT2D eigenvalue weighted by Crippen LogP contribution is -2.27. The van der Waals surface area contributed by atoms with E-state index in [1.807, 2.05) is 73.8 Å². The van der Waals surface area contributed by atoms with Crippen LogP contribution in [-0.4, -0.2) is 31.1 Å². The van der Waals surface area contributed by atoms with Crippen LogP contribution in [0.5, 0.6) is 11.5 Å². The Balaban J connectivity index is 0.00000240. The lowest BCUT2D eigenvalue weighted by Gasteiger charge is -2.27. The number of para-hydroxylation sites is 2. The lowest BCUT2D eigenvalue weighted by atomic mass is 9.88. The molecule has 1 heterocycles. The van der Waals surface area contributed by atoms with Gasteiger partial charge in [-0.15, -0.1) is 12.4 Å². The van der Waals surface area contributed by atoms with Crippen molar-refractivity contribution in [2.75, 3.05) is 20.2 Å². The van der Waals surface area contributed by atoms with Crippen LogP contribution in [0.15, 0.2) is 78.9 Å². The Kier molecular flexibility index (Phi) is 6.91. The first-order valence-corrected chi connectivity index (χ1v) is 9.47. The van der Waals surface area contributed by atoms with Crippen molar-refractivity contribution < 1.29 is 14.3 Å². The number of esters is 1. The molecule has 3 aromatic carbocycles. The largest absolute Gasteiger partial charge is 0.464 e. The van der Waals surface area contributed by atoms with Crippen molar-refractivity contribution in [3.63, 3.8) is 0 Å². The lowest BCUT2D eigenvalue weighted by molar-refractivity contribution is -0.144. The predicted molar refractivity (Wildman–Crippen MR) is 116 cm³/mol. The molecule has 0 unspecified atom stereocenters. The molecule has 4 nitrogen and oxygen atoms in total. The summed E-state index contributed by atoms with van der Waals surface area (Å²) in [5.74, 6) is 0.727. The van der Waals surface area contributed by atoms with E-state index in [1.165, 1.54) is 5.56 Å². The van der Waals surface area contributed by atoms with Crippen LogP contribution in [0, 0.1) is 0 Å². The van der Waals surface area contributed by atoms with E-state index in [-0.39, 0.29) is 18.4 Å². The summed E-state index contributed by atoms with van der Waals surface area (Å²) in [6, 6.07) is 25.6. The van der Waals surface area contributed by atoms with Crippen molar-refractivity contribution in [3.8, 4) is 11.5 Å². The third-order valence-corrected chi connectivity index (χ3v) is 4.93. The van der Waals surface area contributed by atoms with E-state index in [0.29, 0.717) is 24.7 Å². The van der Waals surface area contributed by atoms with Crippen molar-refractivity contribution in [1.29, 1.82) is 0 Å². The minimum absolute atomic E-state index is 0. The number of carbonyl (C=O) groups is 1. The SMILES string of the molecule is CN(CCOC(=O)C1c2ccccc2Oc2ccccc21)Cc1ccccc1.Cl. The highest BCUT2D eigenvalue weighted by molar-refractivity contribution is 5.85. The number of likely N-dealkylation sites (N-methyl/N-ethyl adjacent to an activating group) is 1. The summed E-state index contributed by atoms with van der Waals surface area (Å²) in [4.78, 5) is 15.1. The van der Waals surface area contributed by atoms with Gasteiger partial charge >= 0.3 is 5.97 Å². The standard InChI is InChI=1S/C24H23NO3.ClH/c1-25(17-18-9-3-2-4-10-18)15-16-27-24(26)23-19-11-5-7-13-21(19)28-22-14-8-6-12-20(22)23;/h2-14,23H,15-17H2,1H3;1H. The first-order valence-electron chi connectivity index (χ1n) is 9.47. The molecule has 0 aliphatic carbocycles. The maximum Gasteiger partial charge on any atom is 0.318 e. The van der Waals surface area contributed by atoms with E-state index in [9.17, 15) is 4.79 Å². The number of nitrogens with zero attached hydrogens (tertiary/aromatic N) is 1. The second-order valence-electron chi connectivity index (χ2n) is 7.00. The van der Waals surface area contributed by atoms with Gasteiger partial charge in [0.05, 0.1) is 0 Å². The number of ether oxygens (including phenoxy) is 2. The predicted octanol–water partition coefficient (Wildman–Crippen LogP) is 5.02. The zero-order valence-corrected chi connectivity index (χ0v) is 17.1. The van der Waals surface area contributed by atoms with Gasteiger partial charge in [0, 0.05) is 24.2 Å². The Hall–Kier alpha value is -2.82. The van der Waals surface area contributed by atoms with Gasteiger partial charge in [-0.25, -0.2) is 0 Å². The van der Waals surface area contributed by atoms with Gasteiger partial charge in [-0.05, 0) is 24.7 Å². The first-order chi connectivity index (χ1) is 13.7. The van der Waals surface area contributed by atoms with Crippen LogP contribution in [0.3, 0.4) is 0 Å². The second kappa shape index (κ2) is 9.59. The van der Waals surface area contributed by atoms with Crippen molar-refractivity contribution in [3.05, 3.63) is 95.6 Å². The second-order valence-corrected chi connectivity index (χ2v) is 7.00. The van der Waals surface area contributed by atoms with Crippen molar-refractivity contribution >= 4 is 18.4 Å². The van der Waals surface area contributed by atoms with Gasteiger partial charge in [0.15, 0.2) is 0 Å². The molecule has 0 bridgehead atoms. The fourth-order valence-corrected chi connectivity index (χ4v) is 3.52. The third-order valence-electron chi connectivity index (χ3n) is 4.93. The van der Waals surface area contributed by atoms with Crippen LogP contribution < -0.4 is 4.74 Å². The van der Waals surface area contributed by atoms with Crippen LogP contribution in [-0.2, 0) is 16.1 Å². The summed E-state index contributed by atoms with van der Waals surface area (Å²) < 4.78 is 11.6. The summed E-state index contributed by atoms with van der Waals surface area (Å²) in [5, 5.41) is 0.